The summed E-state index contributed by atoms with van der Waals surface area (Å²) in [6, 6.07) is 16.6. The van der Waals surface area contributed by atoms with Crippen LogP contribution in [-0.2, 0) is 11.3 Å². The highest BCUT2D eigenvalue weighted by Crippen LogP contribution is 2.25. The Kier molecular flexibility index (Phi) is 6.67. The van der Waals surface area contributed by atoms with Crippen LogP contribution in [0.4, 0.5) is 0 Å². The molecule has 1 atom stereocenters. The lowest BCUT2D eigenvalue weighted by atomic mass is 10.1. The molecule has 1 aliphatic rings. The Morgan fingerprint density at radius 3 is 2.48 bits per heavy atom. The zero-order valence-corrected chi connectivity index (χ0v) is 19.0. The molecule has 0 bridgehead atoms. The van der Waals surface area contributed by atoms with E-state index in [1.165, 1.54) is 28.5 Å². The number of carbonyl (C=O) groups is 1. The minimum absolute atomic E-state index is 0.138. The quantitative estimate of drug-likeness (QED) is 0.553. The van der Waals surface area contributed by atoms with Crippen molar-refractivity contribution in [3.8, 4) is 5.69 Å². The lowest BCUT2D eigenvalue weighted by molar-refractivity contribution is -0.132. The average molecular weight is 437 g/mol. The van der Waals surface area contributed by atoms with Crippen LogP contribution in [0.2, 0.25) is 0 Å². The first kappa shape index (κ1) is 21.5. The lowest BCUT2D eigenvalue weighted by Gasteiger charge is -2.35. The fourth-order valence-electron chi connectivity index (χ4n) is 3.71. The van der Waals surface area contributed by atoms with Gasteiger partial charge in [-0.15, -0.1) is 5.10 Å². The van der Waals surface area contributed by atoms with E-state index in [4.69, 9.17) is 0 Å². The Labute approximate surface area is 187 Å². The van der Waals surface area contributed by atoms with Crippen LogP contribution in [-0.4, -0.2) is 67.3 Å². The van der Waals surface area contributed by atoms with E-state index >= 15 is 0 Å². The molecule has 2 aromatic carbocycles. The molecule has 7 nitrogen and oxygen atoms in total. The second kappa shape index (κ2) is 9.62. The number of aromatic nitrogens is 4. The van der Waals surface area contributed by atoms with Crippen LogP contribution in [0, 0.1) is 13.8 Å². The summed E-state index contributed by atoms with van der Waals surface area (Å²) in [4.78, 5) is 17.4. The van der Waals surface area contributed by atoms with Crippen molar-refractivity contribution in [2.24, 2.45) is 0 Å². The molecule has 8 heteroatoms. The Bertz CT molecular complexity index is 1030. The van der Waals surface area contributed by atoms with E-state index in [1.54, 1.807) is 4.68 Å². The maximum Gasteiger partial charge on any atom is 0.235 e. The van der Waals surface area contributed by atoms with Crippen molar-refractivity contribution < 1.29 is 4.79 Å². The van der Waals surface area contributed by atoms with Crippen LogP contribution in [0.3, 0.4) is 0 Å². The van der Waals surface area contributed by atoms with Crippen LogP contribution in [0.1, 0.15) is 23.6 Å². The molecule has 0 saturated carbocycles. The topological polar surface area (TPSA) is 67.2 Å². The van der Waals surface area contributed by atoms with Crippen molar-refractivity contribution in [3.05, 3.63) is 65.2 Å². The van der Waals surface area contributed by atoms with E-state index in [9.17, 15) is 4.79 Å². The van der Waals surface area contributed by atoms with Gasteiger partial charge >= 0.3 is 0 Å². The van der Waals surface area contributed by atoms with E-state index < -0.39 is 0 Å². The number of rotatable bonds is 6. The summed E-state index contributed by atoms with van der Waals surface area (Å²) >= 11 is 1.41. The first-order valence-electron chi connectivity index (χ1n) is 10.6. The number of hydrogen-bond acceptors (Lipinski definition) is 6. The Morgan fingerprint density at radius 2 is 1.77 bits per heavy atom. The Balaban J connectivity index is 1.35. The zero-order valence-electron chi connectivity index (χ0n) is 18.2. The second-order valence-corrected chi connectivity index (χ2v) is 9.30. The van der Waals surface area contributed by atoms with E-state index in [0.717, 1.165) is 38.4 Å². The molecule has 4 rings (SSSR count). The maximum atomic E-state index is 13.0. The van der Waals surface area contributed by atoms with Gasteiger partial charge in [-0.3, -0.25) is 9.69 Å². The third-order valence-electron chi connectivity index (χ3n) is 5.74. The fourth-order valence-corrected chi connectivity index (χ4v) is 4.60. The van der Waals surface area contributed by atoms with Crippen LogP contribution < -0.4 is 0 Å². The van der Waals surface area contributed by atoms with Crippen molar-refractivity contribution in [3.63, 3.8) is 0 Å². The summed E-state index contributed by atoms with van der Waals surface area (Å²) in [5.74, 6) is 0.138. The third-order valence-corrected chi connectivity index (χ3v) is 6.76. The van der Waals surface area contributed by atoms with E-state index in [2.05, 4.69) is 70.7 Å². The summed E-state index contributed by atoms with van der Waals surface area (Å²) < 4.78 is 1.71. The molecular formula is C23H28N6OS. The number of amides is 1. The smallest absolute Gasteiger partial charge is 0.235 e. The SMILES string of the molecule is Cc1ccc(-n2nnnc2SC(C)C(=O)N2CCN(Cc3ccccc3)CC2)cc1C. The molecule has 0 spiro atoms. The van der Waals surface area contributed by atoms with Crippen LogP contribution in [0.5, 0.6) is 0 Å². The van der Waals surface area contributed by atoms with Gasteiger partial charge in [-0.05, 0) is 60.0 Å². The number of carbonyl (C=O) groups excluding carboxylic acids is 1. The largest absolute Gasteiger partial charge is 0.339 e. The first-order chi connectivity index (χ1) is 15.0. The molecule has 1 fully saturated rings. The molecule has 1 aromatic heterocycles. The number of hydrogen-bond donors (Lipinski definition) is 0. The van der Waals surface area contributed by atoms with Crippen LogP contribution in [0.25, 0.3) is 5.69 Å². The van der Waals surface area contributed by atoms with E-state index in [0.29, 0.717) is 5.16 Å². The molecule has 31 heavy (non-hydrogen) atoms. The molecule has 2 heterocycles. The van der Waals surface area contributed by atoms with Gasteiger partial charge in [0, 0.05) is 32.7 Å². The molecule has 1 unspecified atom stereocenters. The molecule has 162 valence electrons. The van der Waals surface area contributed by atoms with Gasteiger partial charge in [0.25, 0.3) is 0 Å². The third kappa shape index (κ3) is 5.14. The summed E-state index contributed by atoms with van der Waals surface area (Å²) in [5.41, 5.74) is 4.62. The summed E-state index contributed by atoms with van der Waals surface area (Å²) in [6.45, 7) is 10.3. The monoisotopic (exact) mass is 436 g/mol. The minimum atomic E-state index is -0.253. The van der Waals surface area contributed by atoms with Gasteiger partial charge in [0.1, 0.15) is 0 Å². The molecule has 0 N–H and O–H groups in total. The minimum Gasteiger partial charge on any atom is -0.339 e. The van der Waals surface area contributed by atoms with Crippen molar-refractivity contribution in [2.45, 2.75) is 37.7 Å². The number of benzene rings is 2. The molecule has 0 radical (unpaired) electrons. The predicted octanol–water partition coefficient (Wildman–Crippen LogP) is 3.10. The second-order valence-electron chi connectivity index (χ2n) is 7.99. The Morgan fingerprint density at radius 1 is 1.03 bits per heavy atom. The number of thioether (sulfide) groups is 1. The van der Waals surface area contributed by atoms with Crippen LogP contribution >= 0.6 is 11.8 Å². The number of tetrazole rings is 1. The lowest BCUT2D eigenvalue weighted by Crippen LogP contribution is -2.50. The van der Waals surface area contributed by atoms with Gasteiger partial charge in [0.15, 0.2) is 0 Å². The van der Waals surface area contributed by atoms with Gasteiger partial charge in [0.2, 0.25) is 11.1 Å². The van der Waals surface area contributed by atoms with Gasteiger partial charge in [0.05, 0.1) is 10.9 Å². The number of nitrogens with zero attached hydrogens (tertiary/aromatic N) is 6. The Hall–Kier alpha value is -2.71. The molecule has 1 aliphatic heterocycles. The predicted molar refractivity (Wildman–Crippen MR) is 122 cm³/mol. The highest BCUT2D eigenvalue weighted by molar-refractivity contribution is 8.00. The van der Waals surface area contributed by atoms with Gasteiger partial charge < -0.3 is 4.90 Å². The normalized spacial score (nSPS) is 15.8. The van der Waals surface area contributed by atoms with E-state index in [1.807, 2.05) is 24.0 Å². The van der Waals surface area contributed by atoms with Crippen molar-refractivity contribution in [1.29, 1.82) is 0 Å². The van der Waals surface area contributed by atoms with Crippen molar-refractivity contribution >= 4 is 17.7 Å². The zero-order chi connectivity index (χ0) is 21.8. The van der Waals surface area contributed by atoms with Gasteiger partial charge in [-0.2, -0.15) is 4.68 Å². The van der Waals surface area contributed by atoms with Gasteiger partial charge in [-0.1, -0.05) is 48.2 Å². The first-order valence-corrected chi connectivity index (χ1v) is 11.5. The van der Waals surface area contributed by atoms with Crippen molar-refractivity contribution in [1.82, 2.24) is 30.0 Å². The average Bonchev–Trinajstić information content (AvgIpc) is 3.24. The van der Waals surface area contributed by atoms with E-state index in [-0.39, 0.29) is 11.2 Å². The highest BCUT2D eigenvalue weighted by atomic mass is 32.2. The number of piperazine rings is 1. The summed E-state index contributed by atoms with van der Waals surface area (Å²) in [6.07, 6.45) is 0. The van der Waals surface area contributed by atoms with Crippen molar-refractivity contribution in [2.75, 3.05) is 26.2 Å². The van der Waals surface area contributed by atoms with Gasteiger partial charge in [-0.25, -0.2) is 0 Å². The fraction of sp³-hybridized carbons (Fsp3) is 0.391. The summed E-state index contributed by atoms with van der Waals surface area (Å²) in [5, 5.41) is 12.5. The molecule has 1 amide bonds. The molecule has 1 saturated heterocycles. The molecular weight excluding hydrogens is 408 g/mol. The standard InChI is InChI=1S/C23H28N6OS/c1-17-9-10-21(15-18(17)2)29-23(24-25-26-29)31-19(3)22(30)28-13-11-27(12-14-28)16-20-7-5-4-6-8-20/h4-10,15,19H,11-14,16H2,1-3H3. The van der Waals surface area contributed by atoms with Crippen LogP contribution in [0.15, 0.2) is 53.7 Å². The maximum absolute atomic E-state index is 13.0. The highest BCUT2D eigenvalue weighted by Gasteiger charge is 2.27. The summed E-state index contributed by atoms with van der Waals surface area (Å²) in [7, 11) is 0. The molecule has 0 aliphatic carbocycles. The molecule has 3 aromatic rings. The number of aryl methyl sites for hydroxylation is 2.